The van der Waals surface area contributed by atoms with Crippen molar-refractivity contribution < 1.29 is 46.6 Å². The van der Waals surface area contributed by atoms with Crippen molar-refractivity contribution in [3.8, 4) is 5.75 Å². The van der Waals surface area contributed by atoms with Crippen LogP contribution in [-0.4, -0.2) is 74.1 Å². The molecule has 0 saturated carbocycles. The monoisotopic (exact) mass is 820 g/mol. The van der Waals surface area contributed by atoms with E-state index in [1.54, 1.807) is 101 Å². The van der Waals surface area contributed by atoms with Gasteiger partial charge < -0.3 is 35.5 Å². The Labute approximate surface area is 341 Å². The molecule has 0 spiro atoms. The van der Waals surface area contributed by atoms with Crippen LogP contribution in [0.3, 0.4) is 0 Å². The van der Waals surface area contributed by atoms with Crippen molar-refractivity contribution in [2.45, 2.75) is 109 Å². The van der Waals surface area contributed by atoms with E-state index in [1.807, 2.05) is 26.8 Å². The lowest BCUT2D eigenvalue weighted by molar-refractivity contribution is -0.155. The Kier molecular flexibility index (Phi) is 17.0. The third-order valence-corrected chi connectivity index (χ3v) is 9.44. The number of carbonyl (C=O) groups excluding carboxylic acids is 5. The zero-order valence-electron chi connectivity index (χ0n) is 34.4. The van der Waals surface area contributed by atoms with Crippen molar-refractivity contribution in [1.82, 2.24) is 21.3 Å². The Morgan fingerprint density at radius 3 is 1.90 bits per heavy atom. The van der Waals surface area contributed by atoms with Crippen LogP contribution < -0.4 is 26.0 Å². The molecule has 0 bridgehead atoms. The van der Waals surface area contributed by atoms with E-state index >= 15 is 0 Å². The smallest absolute Gasteiger partial charge is 0.408 e. The summed E-state index contributed by atoms with van der Waals surface area (Å²) >= 11 is 0. The number of nitrogens with one attached hydrogen (secondary N) is 4. The molecule has 0 heterocycles. The molecule has 3 aromatic rings. The zero-order valence-corrected chi connectivity index (χ0v) is 35.2. The number of hydrogen-bond donors (Lipinski definition) is 4. The summed E-state index contributed by atoms with van der Waals surface area (Å²) in [6, 6.07) is 20.3. The number of carbonyl (C=O) groups is 5. The first-order chi connectivity index (χ1) is 27.1. The van der Waals surface area contributed by atoms with Gasteiger partial charge in [0, 0.05) is 11.8 Å². The number of sulfone groups is 1. The van der Waals surface area contributed by atoms with E-state index in [1.165, 1.54) is 18.2 Å². The maximum absolute atomic E-state index is 13.8. The average molecular weight is 821 g/mol. The number of benzene rings is 3. The second-order valence-corrected chi connectivity index (χ2v) is 17.8. The van der Waals surface area contributed by atoms with Crippen molar-refractivity contribution in [3.05, 3.63) is 108 Å². The van der Waals surface area contributed by atoms with Gasteiger partial charge in [0.2, 0.25) is 17.7 Å². The van der Waals surface area contributed by atoms with E-state index in [9.17, 15) is 32.4 Å². The Bertz CT molecular complexity index is 1970. The van der Waals surface area contributed by atoms with Gasteiger partial charge in [-0.3, -0.25) is 19.2 Å². The normalized spacial score (nSPS) is 13.5. The predicted molar refractivity (Wildman–Crippen MR) is 219 cm³/mol. The van der Waals surface area contributed by atoms with Crippen molar-refractivity contribution >= 4 is 39.6 Å². The minimum atomic E-state index is -3.91. The van der Waals surface area contributed by atoms with E-state index in [-0.39, 0.29) is 17.9 Å². The van der Waals surface area contributed by atoms with Crippen molar-refractivity contribution in [1.29, 1.82) is 0 Å². The lowest BCUT2D eigenvalue weighted by atomic mass is 10.0. The van der Waals surface area contributed by atoms with Crippen LogP contribution in [0, 0.1) is 5.92 Å². The summed E-state index contributed by atoms with van der Waals surface area (Å²) < 4.78 is 42.4. The molecule has 0 aliphatic heterocycles. The van der Waals surface area contributed by atoms with Crippen LogP contribution in [0.25, 0.3) is 0 Å². The number of alkyl carbamates (subject to hydrolysis) is 1. The molecule has 0 fully saturated rings. The fourth-order valence-electron chi connectivity index (χ4n) is 5.34. The van der Waals surface area contributed by atoms with E-state index in [4.69, 9.17) is 14.2 Å². The van der Waals surface area contributed by atoms with Gasteiger partial charge >= 0.3 is 12.1 Å². The number of hydrogen-bond acceptors (Lipinski definition) is 10. The van der Waals surface area contributed by atoms with Crippen LogP contribution in [0.2, 0.25) is 0 Å². The highest BCUT2D eigenvalue weighted by Gasteiger charge is 2.30. The molecule has 0 aromatic heterocycles. The number of amides is 4. The van der Waals surface area contributed by atoms with E-state index in [0.29, 0.717) is 11.3 Å². The van der Waals surface area contributed by atoms with Crippen LogP contribution >= 0.6 is 0 Å². The van der Waals surface area contributed by atoms with Gasteiger partial charge in [-0.05, 0) is 88.9 Å². The summed E-state index contributed by atoms with van der Waals surface area (Å²) in [6.07, 6.45) is -0.0161. The van der Waals surface area contributed by atoms with Gasteiger partial charge in [-0.2, -0.15) is 0 Å². The highest BCUT2D eigenvalue weighted by Crippen LogP contribution is 2.20. The molecule has 3 atom stereocenters. The standard InChI is InChI=1S/C43H56N4O10S/c1-29(2)38(40(51)44-27-36(48)45-32(26-37(49)57-43(6,7)8)23-24-58(53,54)34-17-13-10-14-18-34)47-39(50)35(46-41(52)55-28-31-15-11-9-12-16-31)25-30-19-21-33(22-20-30)56-42(3,4)5/h9-24,29,32,35,38H,25-28H2,1-8H3,(H,44,51)(H,45,48)(H,46,52)(H,47,50)/b24-23+/t32?,35-,38?/m0/s1. The van der Waals surface area contributed by atoms with E-state index < -0.39 is 87.8 Å². The van der Waals surface area contributed by atoms with Crippen molar-refractivity contribution in [2.24, 2.45) is 5.92 Å². The second-order valence-electron chi connectivity index (χ2n) is 15.9. The molecule has 14 nitrogen and oxygen atoms in total. The lowest BCUT2D eigenvalue weighted by Gasteiger charge is -2.25. The van der Waals surface area contributed by atoms with Crippen molar-refractivity contribution in [3.63, 3.8) is 0 Å². The van der Waals surface area contributed by atoms with Crippen LogP contribution in [0.1, 0.15) is 72.9 Å². The lowest BCUT2D eigenvalue weighted by Crippen LogP contribution is -2.56. The first-order valence-electron chi connectivity index (χ1n) is 18.9. The first-order valence-corrected chi connectivity index (χ1v) is 20.5. The molecule has 2 unspecified atom stereocenters. The Morgan fingerprint density at radius 1 is 0.724 bits per heavy atom. The van der Waals surface area contributed by atoms with E-state index in [2.05, 4.69) is 21.3 Å². The molecule has 0 radical (unpaired) electrons. The molecule has 4 N–H and O–H groups in total. The topological polar surface area (TPSA) is 195 Å². The van der Waals surface area contributed by atoms with Gasteiger partial charge in [0.15, 0.2) is 9.84 Å². The number of esters is 1. The summed E-state index contributed by atoms with van der Waals surface area (Å²) in [4.78, 5) is 66.0. The SMILES string of the molecule is CC(C)C(NC(=O)[C@H](Cc1ccc(OC(C)(C)C)cc1)NC(=O)OCc1ccccc1)C(=O)NCC(=O)NC(/C=C/S(=O)(=O)c1ccccc1)CC(=O)OC(C)(C)C. The summed E-state index contributed by atoms with van der Waals surface area (Å²) in [5.74, 6) is -2.63. The molecule has 58 heavy (non-hydrogen) atoms. The van der Waals surface area contributed by atoms with Gasteiger partial charge in [0.25, 0.3) is 0 Å². The highest BCUT2D eigenvalue weighted by molar-refractivity contribution is 7.94. The molecular weight excluding hydrogens is 765 g/mol. The molecule has 3 rings (SSSR count). The van der Waals surface area contributed by atoms with Crippen molar-refractivity contribution in [2.75, 3.05) is 6.54 Å². The third kappa shape index (κ3) is 17.2. The number of rotatable bonds is 18. The second kappa shape index (κ2) is 21.2. The van der Waals surface area contributed by atoms with Gasteiger partial charge in [-0.15, -0.1) is 0 Å². The van der Waals surface area contributed by atoms with Gasteiger partial charge in [0.1, 0.15) is 35.6 Å². The van der Waals surface area contributed by atoms with Crippen LogP contribution in [-0.2, 0) is 51.5 Å². The molecule has 4 amide bonds. The highest BCUT2D eigenvalue weighted by atomic mass is 32.2. The fraction of sp³-hybridized carbons (Fsp3) is 0.419. The van der Waals surface area contributed by atoms with Crippen LogP contribution in [0.15, 0.2) is 101 Å². The quantitative estimate of drug-likeness (QED) is 0.125. The molecular formula is C43H56N4O10S. The zero-order chi connectivity index (χ0) is 43.1. The minimum Gasteiger partial charge on any atom is -0.488 e. The minimum absolute atomic E-state index is 0.0211. The molecule has 15 heteroatoms. The van der Waals surface area contributed by atoms with Gasteiger partial charge in [0.05, 0.1) is 23.9 Å². The molecule has 0 aliphatic rings. The Balaban J connectivity index is 1.72. The maximum Gasteiger partial charge on any atom is 0.408 e. The Hall–Kier alpha value is -5.70. The predicted octanol–water partition coefficient (Wildman–Crippen LogP) is 5.16. The first kappa shape index (κ1) is 46.7. The van der Waals surface area contributed by atoms with Crippen LogP contribution in [0.4, 0.5) is 4.79 Å². The summed E-state index contributed by atoms with van der Waals surface area (Å²) in [5, 5.41) is 11.3. The van der Waals surface area contributed by atoms with Gasteiger partial charge in [-0.1, -0.05) is 74.5 Å². The fourth-order valence-corrected chi connectivity index (χ4v) is 6.43. The molecule has 3 aromatic carbocycles. The molecule has 314 valence electrons. The maximum atomic E-state index is 13.8. The Morgan fingerprint density at radius 2 is 1.33 bits per heavy atom. The summed E-state index contributed by atoms with van der Waals surface area (Å²) in [6.45, 7) is 13.6. The number of ether oxygens (including phenoxy) is 3. The summed E-state index contributed by atoms with van der Waals surface area (Å²) in [7, 11) is -3.91. The summed E-state index contributed by atoms with van der Waals surface area (Å²) in [5.41, 5.74) is 0.181. The molecule has 0 aliphatic carbocycles. The van der Waals surface area contributed by atoms with Crippen LogP contribution in [0.5, 0.6) is 5.75 Å². The largest absolute Gasteiger partial charge is 0.488 e. The molecule has 0 saturated heterocycles. The average Bonchev–Trinajstić information content (AvgIpc) is 3.14. The third-order valence-electron chi connectivity index (χ3n) is 7.99. The van der Waals surface area contributed by atoms with Gasteiger partial charge in [-0.25, -0.2) is 13.2 Å². The van der Waals surface area contributed by atoms with E-state index in [0.717, 1.165) is 11.0 Å².